The minimum absolute atomic E-state index is 0.00818. The molecule has 1 aliphatic heterocycles. The Balaban J connectivity index is 1.47. The van der Waals surface area contributed by atoms with Crippen LogP contribution in [0.25, 0.3) is 0 Å². The summed E-state index contributed by atoms with van der Waals surface area (Å²) in [6, 6.07) is 12.6. The summed E-state index contributed by atoms with van der Waals surface area (Å²) < 4.78 is 5.60. The number of amides is 2. The lowest BCUT2D eigenvalue weighted by Crippen LogP contribution is -2.38. The predicted octanol–water partition coefficient (Wildman–Crippen LogP) is 1.30. The van der Waals surface area contributed by atoms with Crippen LogP contribution in [0.3, 0.4) is 0 Å². The zero-order valence-corrected chi connectivity index (χ0v) is 13.6. The lowest BCUT2D eigenvalue weighted by molar-refractivity contribution is -0.128. The Morgan fingerprint density at radius 3 is 2.92 bits per heavy atom. The second-order valence-electron chi connectivity index (χ2n) is 5.79. The molecule has 7 heteroatoms. The molecule has 1 fully saturated rings. The number of benzene rings is 1. The van der Waals surface area contributed by atoms with E-state index in [0.29, 0.717) is 31.0 Å². The zero-order chi connectivity index (χ0) is 17.6. The predicted molar refractivity (Wildman–Crippen MR) is 89.9 cm³/mol. The second kappa shape index (κ2) is 7.53. The van der Waals surface area contributed by atoms with Crippen molar-refractivity contribution in [1.29, 1.82) is 5.26 Å². The van der Waals surface area contributed by atoms with Crippen LogP contribution in [0.5, 0.6) is 5.75 Å². The molecule has 2 heterocycles. The summed E-state index contributed by atoms with van der Waals surface area (Å²) in [5, 5.41) is 11.6. The third-order valence-electron chi connectivity index (χ3n) is 3.98. The number of ether oxygens (including phenoxy) is 1. The number of hydrogen-bond acceptors (Lipinski definition) is 4. The molecule has 2 amide bonds. The molecule has 2 N–H and O–H groups in total. The molecule has 0 aliphatic carbocycles. The van der Waals surface area contributed by atoms with Gasteiger partial charge in [0.1, 0.15) is 24.1 Å². The Morgan fingerprint density at radius 2 is 2.20 bits per heavy atom. The maximum Gasteiger partial charge on any atom is 0.268 e. The van der Waals surface area contributed by atoms with E-state index in [4.69, 9.17) is 10.00 Å². The van der Waals surface area contributed by atoms with Gasteiger partial charge in [0, 0.05) is 19.2 Å². The normalized spacial score (nSPS) is 16.5. The highest BCUT2D eigenvalue weighted by Gasteiger charge is 2.30. The van der Waals surface area contributed by atoms with Gasteiger partial charge in [0.25, 0.3) is 5.91 Å². The van der Waals surface area contributed by atoms with E-state index in [-0.39, 0.29) is 24.3 Å². The van der Waals surface area contributed by atoms with Crippen LogP contribution in [-0.2, 0) is 4.79 Å². The number of likely N-dealkylation sites (tertiary alicyclic amines) is 1. The molecule has 7 nitrogen and oxygen atoms in total. The van der Waals surface area contributed by atoms with E-state index < -0.39 is 0 Å². The third kappa shape index (κ3) is 4.18. The van der Waals surface area contributed by atoms with Gasteiger partial charge < -0.3 is 19.9 Å². The van der Waals surface area contributed by atoms with Gasteiger partial charge in [0.05, 0.1) is 18.2 Å². The first-order valence-corrected chi connectivity index (χ1v) is 8.00. The van der Waals surface area contributed by atoms with Gasteiger partial charge in [-0.15, -0.1) is 0 Å². The molecule has 1 unspecified atom stereocenters. The van der Waals surface area contributed by atoms with Gasteiger partial charge in [-0.2, -0.15) is 5.26 Å². The van der Waals surface area contributed by atoms with Gasteiger partial charge in [-0.05, 0) is 18.2 Å². The first-order valence-electron chi connectivity index (χ1n) is 8.00. The maximum absolute atomic E-state index is 12.1. The largest absolute Gasteiger partial charge is 0.492 e. The SMILES string of the molecule is N#Cc1c[nH]c(C(=O)NC2CC(=O)N(CCOc3ccccc3)C2)c1. The first kappa shape index (κ1) is 16.6. The van der Waals surface area contributed by atoms with E-state index in [2.05, 4.69) is 10.3 Å². The average molecular weight is 338 g/mol. The van der Waals surface area contributed by atoms with E-state index in [9.17, 15) is 9.59 Å². The van der Waals surface area contributed by atoms with E-state index in [0.717, 1.165) is 5.75 Å². The van der Waals surface area contributed by atoms with E-state index in [1.807, 2.05) is 36.4 Å². The summed E-state index contributed by atoms with van der Waals surface area (Å²) in [5.41, 5.74) is 0.710. The molecule has 0 radical (unpaired) electrons. The van der Waals surface area contributed by atoms with Crippen molar-refractivity contribution in [3.05, 3.63) is 53.9 Å². The quantitative estimate of drug-likeness (QED) is 0.829. The smallest absolute Gasteiger partial charge is 0.268 e. The molecule has 25 heavy (non-hydrogen) atoms. The van der Waals surface area contributed by atoms with Crippen LogP contribution in [0.15, 0.2) is 42.6 Å². The summed E-state index contributed by atoms with van der Waals surface area (Å²) in [6.45, 7) is 1.33. The lowest BCUT2D eigenvalue weighted by Gasteiger charge is -2.17. The average Bonchev–Trinajstić information content (AvgIpc) is 3.23. The number of carbonyl (C=O) groups excluding carboxylic acids is 2. The van der Waals surface area contributed by atoms with Gasteiger partial charge in [-0.25, -0.2) is 0 Å². The molecule has 1 saturated heterocycles. The summed E-state index contributed by atoms with van der Waals surface area (Å²) in [5.74, 6) is 0.437. The maximum atomic E-state index is 12.1. The van der Waals surface area contributed by atoms with Crippen LogP contribution < -0.4 is 10.1 Å². The zero-order valence-electron chi connectivity index (χ0n) is 13.6. The highest BCUT2D eigenvalue weighted by molar-refractivity contribution is 5.93. The Morgan fingerprint density at radius 1 is 1.40 bits per heavy atom. The fourth-order valence-corrected chi connectivity index (χ4v) is 2.73. The fraction of sp³-hybridized carbons (Fsp3) is 0.278. The van der Waals surface area contributed by atoms with Crippen LogP contribution in [-0.4, -0.2) is 47.4 Å². The summed E-state index contributed by atoms with van der Waals surface area (Å²) in [6.07, 6.45) is 1.74. The molecule has 3 rings (SSSR count). The summed E-state index contributed by atoms with van der Waals surface area (Å²) in [4.78, 5) is 28.6. The second-order valence-corrected chi connectivity index (χ2v) is 5.79. The molecular formula is C18H18N4O3. The molecule has 0 spiro atoms. The summed E-state index contributed by atoms with van der Waals surface area (Å²) >= 11 is 0. The van der Waals surface area contributed by atoms with E-state index >= 15 is 0 Å². The molecular weight excluding hydrogens is 320 g/mol. The van der Waals surface area contributed by atoms with Gasteiger partial charge in [-0.1, -0.05) is 18.2 Å². The third-order valence-corrected chi connectivity index (χ3v) is 3.98. The monoisotopic (exact) mass is 338 g/mol. The summed E-state index contributed by atoms with van der Waals surface area (Å²) in [7, 11) is 0. The van der Waals surface area contributed by atoms with Crippen molar-refractivity contribution in [2.24, 2.45) is 0 Å². The van der Waals surface area contributed by atoms with Gasteiger partial charge >= 0.3 is 0 Å². The number of aromatic nitrogens is 1. The molecule has 128 valence electrons. The number of nitrogens with one attached hydrogen (secondary N) is 2. The molecule has 1 aliphatic rings. The number of nitrogens with zero attached hydrogens (tertiary/aromatic N) is 2. The van der Waals surface area contributed by atoms with Gasteiger partial charge in [0.15, 0.2) is 0 Å². The minimum atomic E-state index is -0.318. The molecule has 1 aromatic carbocycles. The number of H-pyrrole nitrogens is 1. The van der Waals surface area contributed by atoms with E-state index in [1.165, 1.54) is 12.3 Å². The van der Waals surface area contributed by atoms with Crippen molar-refractivity contribution >= 4 is 11.8 Å². The first-order chi connectivity index (χ1) is 12.2. The van der Waals surface area contributed by atoms with E-state index in [1.54, 1.807) is 4.90 Å². The topological polar surface area (TPSA) is 98.2 Å². The van der Waals surface area contributed by atoms with Crippen molar-refractivity contribution in [3.8, 4) is 11.8 Å². The number of rotatable bonds is 6. The highest BCUT2D eigenvalue weighted by Crippen LogP contribution is 2.13. The van der Waals surface area contributed by atoms with Crippen molar-refractivity contribution < 1.29 is 14.3 Å². The Labute approximate surface area is 145 Å². The molecule has 0 bridgehead atoms. The van der Waals surface area contributed by atoms with Crippen LogP contribution in [0, 0.1) is 11.3 Å². The number of para-hydroxylation sites is 1. The van der Waals surface area contributed by atoms with Crippen LogP contribution in [0.1, 0.15) is 22.5 Å². The standard InChI is InChI=1S/C18H18N4O3/c19-10-13-8-16(20-11-13)18(24)21-14-9-17(23)22(12-14)6-7-25-15-4-2-1-3-5-15/h1-5,8,11,14,20H,6-7,9,12H2,(H,21,24). The lowest BCUT2D eigenvalue weighted by atomic mass is 10.2. The molecule has 1 atom stereocenters. The molecule has 1 aromatic heterocycles. The fourth-order valence-electron chi connectivity index (χ4n) is 2.73. The number of hydrogen-bond donors (Lipinski definition) is 2. The Hall–Kier alpha value is -3.27. The van der Waals surface area contributed by atoms with Crippen LogP contribution in [0.4, 0.5) is 0 Å². The molecule has 0 saturated carbocycles. The van der Waals surface area contributed by atoms with Crippen molar-refractivity contribution in [1.82, 2.24) is 15.2 Å². The van der Waals surface area contributed by atoms with Gasteiger partial charge in [-0.3, -0.25) is 9.59 Å². The van der Waals surface area contributed by atoms with Crippen molar-refractivity contribution in [2.75, 3.05) is 19.7 Å². The number of nitriles is 1. The van der Waals surface area contributed by atoms with Crippen molar-refractivity contribution in [3.63, 3.8) is 0 Å². The van der Waals surface area contributed by atoms with Crippen LogP contribution >= 0.6 is 0 Å². The Bertz CT molecular complexity index is 794. The van der Waals surface area contributed by atoms with Crippen molar-refractivity contribution in [2.45, 2.75) is 12.5 Å². The Kier molecular flexibility index (Phi) is 5.00. The van der Waals surface area contributed by atoms with Crippen LogP contribution in [0.2, 0.25) is 0 Å². The van der Waals surface area contributed by atoms with Gasteiger partial charge in [0.2, 0.25) is 5.91 Å². The molecule has 2 aromatic rings. The number of carbonyl (C=O) groups is 2. The highest BCUT2D eigenvalue weighted by atomic mass is 16.5. The number of aromatic amines is 1. The minimum Gasteiger partial charge on any atom is -0.492 e.